The van der Waals surface area contributed by atoms with Gasteiger partial charge in [0.15, 0.2) is 11.7 Å². The zero-order valence-corrected chi connectivity index (χ0v) is 18.0. The molecule has 1 aromatic heterocycles. The molecule has 2 heterocycles. The van der Waals surface area contributed by atoms with Gasteiger partial charge in [0.05, 0.1) is 6.26 Å². The van der Waals surface area contributed by atoms with E-state index >= 15 is 0 Å². The van der Waals surface area contributed by atoms with Crippen LogP contribution in [0.25, 0.3) is 0 Å². The van der Waals surface area contributed by atoms with E-state index in [9.17, 15) is 4.79 Å². The standard InChI is InChI=1S/C18H30N4O2.HI/c1-13-10-14(2)12-22(11-13)18(19-4)21-8-5-7-20-17(23)16-15(3)6-9-24-16;/h6,9,13-14H,5,7-8,10-12H2,1-4H3,(H,19,21)(H,20,23);1H. The van der Waals surface area contributed by atoms with Gasteiger partial charge in [-0.15, -0.1) is 24.0 Å². The molecule has 0 spiro atoms. The summed E-state index contributed by atoms with van der Waals surface area (Å²) in [6.45, 7) is 9.95. The van der Waals surface area contributed by atoms with Crippen LogP contribution in [0.1, 0.15) is 42.8 Å². The first kappa shape index (κ1) is 21.8. The van der Waals surface area contributed by atoms with Gasteiger partial charge in [-0.25, -0.2) is 0 Å². The molecule has 1 saturated heterocycles. The monoisotopic (exact) mass is 462 g/mol. The minimum atomic E-state index is -0.152. The second-order valence-corrected chi connectivity index (χ2v) is 6.87. The number of likely N-dealkylation sites (tertiary alicyclic amines) is 1. The van der Waals surface area contributed by atoms with Crippen LogP contribution in [0.3, 0.4) is 0 Å². The number of piperidine rings is 1. The Bertz CT molecular complexity index is 563. The van der Waals surface area contributed by atoms with E-state index in [2.05, 4.69) is 34.4 Å². The van der Waals surface area contributed by atoms with Gasteiger partial charge in [-0.1, -0.05) is 13.8 Å². The van der Waals surface area contributed by atoms with Gasteiger partial charge in [0, 0.05) is 38.8 Å². The molecule has 2 N–H and O–H groups in total. The number of halogens is 1. The Morgan fingerprint density at radius 1 is 1.28 bits per heavy atom. The quantitative estimate of drug-likeness (QED) is 0.306. The van der Waals surface area contributed by atoms with Gasteiger partial charge < -0.3 is 20.0 Å². The summed E-state index contributed by atoms with van der Waals surface area (Å²) in [7, 11) is 1.83. The van der Waals surface area contributed by atoms with E-state index in [4.69, 9.17) is 4.42 Å². The van der Waals surface area contributed by atoms with Crippen LogP contribution in [-0.2, 0) is 0 Å². The minimum absolute atomic E-state index is 0. The molecule has 0 radical (unpaired) electrons. The summed E-state index contributed by atoms with van der Waals surface area (Å²) in [5, 5.41) is 6.29. The number of carbonyl (C=O) groups excluding carboxylic acids is 1. The Morgan fingerprint density at radius 2 is 1.92 bits per heavy atom. The first-order valence-corrected chi connectivity index (χ1v) is 8.79. The Balaban J connectivity index is 0.00000312. The normalized spacial score (nSPS) is 20.8. The average Bonchev–Trinajstić information content (AvgIpc) is 2.95. The molecule has 1 fully saturated rings. The topological polar surface area (TPSA) is 69.9 Å². The third-order valence-electron chi connectivity index (χ3n) is 4.37. The predicted octanol–water partition coefficient (Wildman–Crippen LogP) is 2.88. The van der Waals surface area contributed by atoms with E-state index in [1.165, 1.54) is 12.7 Å². The van der Waals surface area contributed by atoms with E-state index in [0.29, 0.717) is 24.1 Å². The summed E-state index contributed by atoms with van der Waals surface area (Å²) in [4.78, 5) is 18.7. The summed E-state index contributed by atoms with van der Waals surface area (Å²) in [5.74, 6) is 2.60. The number of aryl methyl sites for hydroxylation is 1. The number of hydrogen-bond donors (Lipinski definition) is 2. The van der Waals surface area contributed by atoms with Gasteiger partial charge >= 0.3 is 0 Å². The molecule has 1 aromatic rings. The third kappa shape index (κ3) is 6.52. The number of furan rings is 1. The van der Waals surface area contributed by atoms with Crippen molar-refractivity contribution >= 4 is 35.8 Å². The molecule has 0 saturated carbocycles. The second kappa shape index (κ2) is 10.7. The number of guanidine groups is 1. The number of nitrogens with one attached hydrogen (secondary N) is 2. The van der Waals surface area contributed by atoms with E-state index in [0.717, 1.165) is 37.6 Å². The molecule has 2 unspecified atom stereocenters. The lowest BCUT2D eigenvalue weighted by molar-refractivity contribution is 0.0925. The molecule has 1 aliphatic heterocycles. The molecule has 0 aliphatic carbocycles. The number of nitrogens with zero attached hydrogens (tertiary/aromatic N) is 2. The largest absolute Gasteiger partial charge is 0.459 e. The fourth-order valence-corrected chi connectivity index (χ4v) is 3.34. The van der Waals surface area contributed by atoms with Crippen LogP contribution in [0.4, 0.5) is 0 Å². The van der Waals surface area contributed by atoms with E-state index in [1.54, 1.807) is 6.07 Å². The maximum Gasteiger partial charge on any atom is 0.287 e. The average molecular weight is 462 g/mol. The van der Waals surface area contributed by atoms with E-state index < -0.39 is 0 Å². The van der Waals surface area contributed by atoms with E-state index in [-0.39, 0.29) is 29.9 Å². The third-order valence-corrected chi connectivity index (χ3v) is 4.37. The fourth-order valence-electron chi connectivity index (χ4n) is 3.34. The zero-order chi connectivity index (χ0) is 17.5. The van der Waals surface area contributed by atoms with Crippen molar-refractivity contribution in [2.45, 2.75) is 33.6 Å². The zero-order valence-electron chi connectivity index (χ0n) is 15.7. The van der Waals surface area contributed by atoms with Crippen molar-refractivity contribution in [2.75, 3.05) is 33.2 Å². The Kier molecular flexibility index (Phi) is 9.31. The van der Waals surface area contributed by atoms with Crippen molar-refractivity contribution in [3.63, 3.8) is 0 Å². The van der Waals surface area contributed by atoms with Gasteiger partial charge in [-0.3, -0.25) is 9.79 Å². The molecule has 6 nitrogen and oxygen atoms in total. The van der Waals surface area contributed by atoms with Crippen LogP contribution in [0.2, 0.25) is 0 Å². The van der Waals surface area contributed by atoms with Crippen molar-refractivity contribution < 1.29 is 9.21 Å². The van der Waals surface area contributed by atoms with Gasteiger partial charge in [-0.05, 0) is 37.7 Å². The van der Waals surface area contributed by atoms with Crippen LogP contribution in [0.15, 0.2) is 21.7 Å². The molecule has 2 atom stereocenters. The highest BCUT2D eigenvalue weighted by molar-refractivity contribution is 14.0. The lowest BCUT2D eigenvalue weighted by Gasteiger charge is -2.37. The predicted molar refractivity (Wildman–Crippen MR) is 112 cm³/mol. The minimum Gasteiger partial charge on any atom is -0.459 e. The van der Waals surface area contributed by atoms with Crippen molar-refractivity contribution in [2.24, 2.45) is 16.8 Å². The molecule has 0 bridgehead atoms. The molecule has 2 rings (SSSR count). The summed E-state index contributed by atoms with van der Waals surface area (Å²) in [5.41, 5.74) is 0.861. The van der Waals surface area contributed by atoms with Crippen LogP contribution >= 0.6 is 24.0 Å². The Labute approximate surface area is 167 Å². The summed E-state index contributed by atoms with van der Waals surface area (Å²) in [6.07, 6.45) is 3.66. The van der Waals surface area contributed by atoms with Crippen molar-refractivity contribution in [3.05, 3.63) is 23.7 Å². The highest BCUT2D eigenvalue weighted by Gasteiger charge is 2.23. The molecule has 7 heteroatoms. The second-order valence-electron chi connectivity index (χ2n) is 6.87. The molecule has 1 amide bonds. The lowest BCUT2D eigenvalue weighted by Crippen LogP contribution is -2.48. The highest BCUT2D eigenvalue weighted by atomic mass is 127. The molecular formula is C18H31IN4O2. The summed E-state index contributed by atoms with van der Waals surface area (Å²) < 4.78 is 5.18. The molecule has 142 valence electrons. The Hall–Kier alpha value is -1.25. The van der Waals surface area contributed by atoms with Crippen LogP contribution in [-0.4, -0.2) is 50.0 Å². The fraction of sp³-hybridized carbons (Fsp3) is 0.667. The van der Waals surface area contributed by atoms with Crippen molar-refractivity contribution in [1.82, 2.24) is 15.5 Å². The van der Waals surface area contributed by atoms with Gasteiger partial charge in [0.2, 0.25) is 0 Å². The smallest absolute Gasteiger partial charge is 0.287 e. The first-order chi connectivity index (χ1) is 11.5. The van der Waals surface area contributed by atoms with Crippen LogP contribution < -0.4 is 10.6 Å². The van der Waals surface area contributed by atoms with Gasteiger partial charge in [0.1, 0.15) is 0 Å². The SMILES string of the molecule is CN=C(NCCCNC(=O)c1occc1C)N1CC(C)CC(C)C1.I. The maximum absolute atomic E-state index is 11.9. The van der Waals surface area contributed by atoms with Gasteiger partial charge in [-0.2, -0.15) is 0 Å². The van der Waals surface area contributed by atoms with Crippen molar-refractivity contribution in [3.8, 4) is 0 Å². The summed E-state index contributed by atoms with van der Waals surface area (Å²) in [6, 6.07) is 1.79. The molecule has 0 aromatic carbocycles. The number of aliphatic imine (C=N–C) groups is 1. The Morgan fingerprint density at radius 3 is 2.48 bits per heavy atom. The molecular weight excluding hydrogens is 431 g/mol. The van der Waals surface area contributed by atoms with Crippen molar-refractivity contribution in [1.29, 1.82) is 0 Å². The van der Waals surface area contributed by atoms with Crippen LogP contribution in [0, 0.1) is 18.8 Å². The number of rotatable bonds is 5. The summed E-state index contributed by atoms with van der Waals surface area (Å²) >= 11 is 0. The van der Waals surface area contributed by atoms with Gasteiger partial charge in [0.25, 0.3) is 5.91 Å². The number of carbonyl (C=O) groups is 1. The number of amides is 1. The number of hydrogen-bond acceptors (Lipinski definition) is 3. The van der Waals surface area contributed by atoms with E-state index in [1.807, 2.05) is 14.0 Å². The molecule has 25 heavy (non-hydrogen) atoms. The highest BCUT2D eigenvalue weighted by Crippen LogP contribution is 2.20. The van der Waals surface area contributed by atoms with Crippen LogP contribution in [0.5, 0.6) is 0 Å². The molecule has 1 aliphatic rings. The lowest BCUT2D eigenvalue weighted by atomic mass is 9.92. The first-order valence-electron chi connectivity index (χ1n) is 8.79. The maximum atomic E-state index is 11.9.